The van der Waals surface area contributed by atoms with E-state index < -0.39 is 0 Å². The van der Waals surface area contributed by atoms with E-state index in [9.17, 15) is 9.59 Å². The number of carbonyl (C=O) groups is 1. The van der Waals surface area contributed by atoms with Crippen molar-refractivity contribution in [2.24, 2.45) is 0 Å². The Labute approximate surface area is 158 Å². The molecule has 2 heterocycles. The molecule has 0 bridgehead atoms. The number of rotatable bonds is 7. The smallest absolute Gasteiger partial charge is 0.251 e. The molecule has 0 aliphatic carbocycles. The number of benzene rings is 1. The lowest BCUT2D eigenvalue weighted by molar-refractivity contribution is -0.121. The van der Waals surface area contributed by atoms with Crippen molar-refractivity contribution in [3.8, 4) is 5.75 Å². The molecule has 0 saturated heterocycles. The third kappa shape index (κ3) is 4.70. The Morgan fingerprint density at radius 1 is 1.19 bits per heavy atom. The monoisotopic (exact) mass is 415 g/mol. The van der Waals surface area contributed by atoms with Crippen LogP contribution in [0.1, 0.15) is 6.42 Å². The minimum absolute atomic E-state index is 0.00757. The Balaban J connectivity index is 1.44. The number of para-hydroxylation sites is 1. The van der Waals surface area contributed by atoms with Crippen LogP contribution in [0.15, 0.2) is 64.1 Å². The van der Waals surface area contributed by atoms with Gasteiger partial charge in [0.25, 0.3) is 5.56 Å². The predicted molar refractivity (Wildman–Crippen MR) is 103 cm³/mol. The van der Waals surface area contributed by atoms with Crippen LogP contribution in [0.4, 0.5) is 0 Å². The fourth-order valence-corrected chi connectivity index (χ4v) is 2.89. The summed E-state index contributed by atoms with van der Waals surface area (Å²) in [6, 6.07) is 12.7. The van der Waals surface area contributed by atoms with E-state index >= 15 is 0 Å². The highest BCUT2D eigenvalue weighted by Crippen LogP contribution is 2.22. The van der Waals surface area contributed by atoms with Crippen molar-refractivity contribution in [1.29, 1.82) is 0 Å². The van der Waals surface area contributed by atoms with Crippen molar-refractivity contribution in [2.45, 2.75) is 13.0 Å². The van der Waals surface area contributed by atoms with Gasteiger partial charge < -0.3 is 14.6 Å². The summed E-state index contributed by atoms with van der Waals surface area (Å²) in [6.07, 6.45) is 3.99. The lowest BCUT2D eigenvalue weighted by atomic mass is 10.2. The van der Waals surface area contributed by atoms with Crippen LogP contribution >= 0.6 is 15.9 Å². The normalized spacial score (nSPS) is 10.7. The molecule has 0 fully saturated rings. The van der Waals surface area contributed by atoms with E-state index in [0.717, 1.165) is 21.1 Å². The van der Waals surface area contributed by atoms with Crippen LogP contribution in [-0.4, -0.2) is 28.6 Å². The third-order valence-corrected chi connectivity index (χ3v) is 4.23. The van der Waals surface area contributed by atoms with Crippen molar-refractivity contribution < 1.29 is 9.53 Å². The Hall–Kier alpha value is -2.67. The zero-order valence-electron chi connectivity index (χ0n) is 14.0. The Morgan fingerprint density at radius 3 is 2.92 bits per heavy atom. The number of hydrogen-bond donors (Lipinski definition) is 1. The van der Waals surface area contributed by atoms with Crippen LogP contribution in [0.2, 0.25) is 0 Å². The Bertz CT molecular complexity index is 966. The molecule has 0 saturated carbocycles. The van der Waals surface area contributed by atoms with Crippen LogP contribution in [-0.2, 0) is 11.3 Å². The minimum atomic E-state index is -0.213. The van der Waals surface area contributed by atoms with Gasteiger partial charge in [-0.25, -0.2) is 0 Å². The number of amides is 1. The molecular weight excluding hydrogens is 398 g/mol. The summed E-state index contributed by atoms with van der Waals surface area (Å²) in [5.41, 5.74) is 0.614. The van der Waals surface area contributed by atoms with Crippen molar-refractivity contribution in [3.63, 3.8) is 0 Å². The summed E-state index contributed by atoms with van der Waals surface area (Å²) in [6.45, 7) is 0.930. The van der Waals surface area contributed by atoms with E-state index in [-0.39, 0.29) is 18.0 Å². The average Bonchev–Trinajstić information content (AvgIpc) is 2.64. The molecule has 2 aromatic heterocycles. The van der Waals surface area contributed by atoms with Crippen LogP contribution in [0.3, 0.4) is 0 Å². The molecule has 0 unspecified atom stereocenters. The molecule has 1 aromatic carbocycles. The highest BCUT2D eigenvalue weighted by molar-refractivity contribution is 9.10. The van der Waals surface area contributed by atoms with Crippen LogP contribution < -0.4 is 15.6 Å². The van der Waals surface area contributed by atoms with Gasteiger partial charge in [0.15, 0.2) is 0 Å². The Kier molecular flexibility index (Phi) is 6.01. The van der Waals surface area contributed by atoms with E-state index in [4.69, 9.17) is 4.74 Å². The van der Waals surface area contributed by atoms with E-state index in [0.29, 0.717) is 19.6 Å². The zero-order chi connectivity index (χ0) is 18.4. The topological polar surface area (TPSA) is 73.2 Å². The first-order chi connectivity index (χ1) is 12.6. The lowest BCUT2D eigenvalue weighted by Gasteiger charge is -2.10. The number of carbonyl (C=O) groups excluding carboxylic acids is 1. The van der Waals surface area contributed by atoms with E-state index in [1.165, 1.54) is 10.6 Å². The van der Waals surface area contributed by atoms with Crippen LogP contribution in [0, 0.1) is 0 Å². The molecule has 0 spiro atoms. The first-order valence-electron chi connectivity index (χ1n) is 8.23. The van der Waals surface area contributed by atoms with Gasteiger partial charge in [0, 0.05) is 34.9 Å². The Morgan fingerprint density at radius 2 is 2.04 bits per heavy atom. The molecule has 6 nitrogen and oxygen atoms in total. The molecule has 1 amide bonds. The molecule has 3 rings (SSSR count). The molecule has 0 aliphatic rings. The molecule has 0 aliphatic heterocycles. The second-order valence-electron chi connectivity index (χ2n) is 5.70. The largest absolute Gasteiger partial charge is 0.491 e. The highest BCUT2D eigenvalue weighted by atomic mass is 79.9. The summed E-state index contributed by atoms with van der Waals surface area (Å²) in [7, 11) is 0. The summed E-state index contributed by atoms with van der Waals surface area (Å²) < 4.78 is 7.89. The fraction of sp³-hybridized carbons (Fsp3) is 0.211. The number of ether oxygens (including phenoxy) is 1. The standard InChI is InChI=1S/C19H18BrN3O3/c20-15-7-8-18(25)23(12-15)13-17(24)21-10-3-11-26-16-6-1-4-14-5-2-9-22-19(14)16/h1-2,4-9,12H,3,10-11,13H2,(H,21,24). The van der Waals surface area contributed by atoms with Gasteiger partial charge >= 0.3 is 0 Å². The molecular formula is C19H18BrN3O3. The quantitative estimate of drug-likeness (QED) is 0.602. The summed E-state index contributed by atoms with van der Waals surface area (Å²) >= 11 is 3.29. The molecule has 0 radical (unpaired) electrons. The number of halogens is 1. The third-order valence-electron chi connectivity index (χ3n) is 3.76. The van der Waals surface area contributed by atoms with Gasteiger partial charge in [-0.1, -0.05) is 18.2 Å². The summed E-state index contributed by atoms with van der Waals surface area (Å²) in [4.78, 5) is 28.0. The summed E-state index contributed by atoms with van der Waals surface area (Å²) in [5, 5.41) is 3.82. The van der Waals surface area contributed by atoms with E-state index in [1.807, 2.05) is 30.3 Å². The first kappa shape index (κ1) is 18.1. The maximum Gasteiger partial charge on any atom is 0.251 e. The van der Waals surface area contributed by atoms with Gasteiger partial charge in [-0.3, -0.25) is 14.6 Å². The molecule has 134 valence electrons. The second-order valence-corrected chi connectivity index (χ2v) is 6.61. The van der Waals surface area contributed by atoms with Crippen LogP contribution in [0.5, 0.6) is 5.75 Å². The lowest BCUT2D eigenvalue weighted by Crippen LogP contribution is -2.32. The predicted octanol–water partition coefficient (Wildman–Crippen LogP) is 2.74. The van der Waals surface area contributed by atoms with Gasteiger partial charge in [-0.15, -0.1) is 0 Å². The van der Waals surface area contributed by atoms with Gasteiger partial charge in [0.2, 0.25) is 5.91 Å². The number of hydrogen-bond acceptors (Lipinski definition) is 4. The summed E-state index contributed by atoms with van der Waals surface area (Å²) in [5.74, 6) is 0.521. The second kappa shape index (κ2) is 8.62. The van der Waals surface area contributed by atoms with Gasteiger partial charge in [-0.05, 0) is 40.5 Å². The number of nitrogens with zero attached hydrogens (tertiary/aromatic N) is 2. The number of fused-ring (bicyclic) bond motifs is 1. The van der Waals surface area contributed by atoms with Crippen molar-refractivity contribution in [3.05, 3.63) is 69.7 Å². The zero-order valence-corrected chi connectivity index (χ0v) is 15.6. The maximum atomic E-state index is 11.9. The van der Waals surface area contributed by atoms with E-state index in [2.05, 4.69) is 26.2 Å². The van der Waals surface area contributed by atoms with Crippen molar-refractivity contribution in [2.75, 3.05) is 13.2 Å². The molecule has 26 heavy (non-hydrogen) atoms. The van der Waals surface area contributed by atoms with Gasteiger partial charge in [-0.2, -0.15) is 0 Å². The molecule has 0 atom stereocenters. The van der Waals surface area contributed by atoms with E-state index in [1.54, 1.807) is 18.5 Å². The number of pyridine rings is 2. The fourth-order valence-electron chi connectivity index (χ4n) is 2.51. The highest BCUT2D eigenvalue weighted by Gasteiger charge is 2.05. The number of aromatic nitrogens is 2. The van der Waals surface area contributed by atoms with Crippen molar-refractivity contribution >= 4 is 32.7 Å². The first-order valence-corrected chi connectivity index (χ1v) is 9.02. The van der Waals surface area contributed by atoms with Gasteiger partial charge in [0.05, 0.1) is 6.61 Å². The average molecular weight is 416 g/mol. The SMILES string of the molecule is O=C(Cn1cc(Br)ccc1=O)NCCCOc1cccc2cccnc12. The van der Waals surface area contributed by atoms with Crippen LogP contribution in [0.25, 0.3) is 10.9 Å². The number of nitrogens with one attached hydrogen (secondary N) is 1. The maximum absolute atomic E-state index is 11.9. The molecule has 1 N–H and O–H groups in total. The van der Waals surface area contributed by atoms with Gasteiger partial charge in [0.1, 0.15) is 17.8 Å². The minimum Gasteiger partial charge on any atom is -0.491 e. The van der Waals surface area contributed by atoms with Crippen molar-refractivity contribution in [1.82, 2.24) is 14.9 Å². The molecule has 3 aromatic rings. The molecule has 7 heteroatoms.